The quantitative estimate of drug-likeness (QED) is 0.757. The van der Waals surface area contributed by atoms with Crippen molar-refractivity contribution < 1.29 is 14.3 Å². The summed E-state index contributed by atoms with van der Waals surface area (Å²) in [6.45, 7) is 4.70. The molecule has 6 heteroatoms. The van der Waals surface area contributed by atoms with E-state index in [2.05, 4.69) is 21.9 Å². The lowest BCUT2D eigenvalue weighted by Gasteiger charge is -2.22. The molecule has 2 saturated carbocycles. The summed E-state index contributed by atoms with van der Waals surface area (Å²) in [5, 5.41) is 0. The fourth-order valence-corrected chi connectivity index (χ4v) is 4.32. The van der Waals surface area contributed by atoms with Gasteiger partial charge in [0.05, 0.1) is 19.9 Å². The molecule has 6 nitrogen and oxygen atoms in total. The molecule has 0 aliphatic heterocycles. The molecule has 2 fully saturated rings. The van der Waals surface area contributed by atoms with E-state index in [1.165, 1.54) is 0 Å². The van der Waals surface area contributed by atoms with E-state index in [1.807, 2.05) is 25.3 Å². The van der Waals surface area contributed by atoms with Crippen LogP contribution in [0.2, 0.25) is 0 Å². The molecule has 2 aliphatic carbocycles. The number of carbonyl (C=O) groups is 1. The number of nitrogens with zero attached hydrogens (tertiary/aromatic N) is 3. The Hall–Kier alpha value is -2.50. The molecule has 0 spiro atoms. The van der Waals surface area contributed by atoms with Crippen molar-refractivity contribution in [1.82, 2.24) is 15.0 Å². The predicted octanol–water partition coefficient (Wildman–Crippen LogP) is 3.84. The first-order valence-corrected chi connectivity index (χ1v) is 10.0. The van der Waals surface area contributed by atoms with Crippen LogP contribution in [0.4, 0.5) is 0 Å². The molecule has 4 rings (SSSR count). The van der Waals surface area contributed by atoms with Crippen molar-refractivity contribution in [3.63, 3.8) is 0 Å². The van der Waals surface area contributed by atoms with E-state index in [1.54, 1.807) is 13.3 Å². The minimum absolute atomic E-state index is 0.174. The molecule has 0 bridgehead atoms. The van der Waals surface area contributed by atoms with Crippen LogP contribution in [0.1, 0.15) is 61.5 Å². The standard InChI is InChI=1S/C22H27N3O3/c1-13-19(21(13)20-8-7-17(27-3)10-24-20)12-28-22-18(11-23-14(2)25-22)15-5-4-6-16(26)9-15/h7-8,10-11,13,15,19,21H,4-6,9,12H2,1-3H3. The Kier molecular flexibility index (Phi) is 5.29. The van der Waals surface area contributed by atoms with Gasteiger partial charge in [0.1, 0.15) is 17.4 Å². The van der Waals surface area contributed by atoms with Crippen molar-refractivity contribution in [2.75, 3.05) is 13.7 Å². The third kappa shape index (κ3) is 3.86. The van der Waals surface area contributed by atoms with Gasteiger partial charge in [-0.05, 0) is 43.7 Å². The molecule has 2 aliphatic rings. The Bertz CT molecular complexity index is 853. The average molecular weight is 381 g/mol. The first kappa shape index (κ1) is 18.8. The Morgan fingerprint density at radius 2 is 2.07 bits per heavy atom. The van der Waals surface area contributed by atoms with Gasteiger partial charge in [-0.3, -0.25) is 9.78 Å². The number of Topliss-reactive ketones (excluding diaryl/α,β-unsaturated/α-hetero) is 1. The van der Waals surface area contributed by atoms with Crippen molar-refractivity contribution in [3.8, 4) is 11.6 Å². The normalized spacial score (nSPS) is 26.8. The zero-order valence-electron chi connectivity index (χ0n) is 16.7. The third-order valence-electron chi connectivity index (χ3n) is 6.13. The maximum Gasteiger partial charge on any atom is 0.220 e. The first-order valence-electron chi connectivity index (χ1n) is 10.0. The molecule has 2 heterocycles. The van der Waals surface area contributed by atoms with Gasteiger partial charge in [-0.1, -0.05) is 6.92 Å². The van der Waals surface area contributed by atoms with E-state index in [0.29, 0.717) is 54.7 Å². The molecular weight excluding hydrogens is 354 g/mol. The number of hydrogen-bond acceptors (Lipinski definition) is 6. The number of hydrogen-bond donors (Lipinski definition) is 0. The van der Waals surface area contributed by atoms with Crippen LogP contribution >= 0.6 is 0 Å². The molecule has 4 unspecified atom stereocenters. The summed E-state index contributed by atoms with van der Waals surface area (Å²) in [7, 11) is 1.65. The van der Waals surface area contributed by atoms with E-state index in [9.17, 15) is 4.79 Å². The average Bonchev–Trinajstić information content (AvgIpc) is 3.35. The van der Waals surface area contributed by atoms with E-state index in [4.69, 9.17) is 9.47 Å². The van der Waals surface area contributed by atoms with E-state index in [-0.39, 0.29) is 5.92 Å². The van der Waals surface area contributed by atoms with Gasteiger partial charge >= 0.3 is 0 Å². The molecule has 0 amide bonds. The van der Waals surface area contributed by atoms with E-state index in [0.717, 1.165) is 29.8 Å². The number of methoxy groups -OCH3 is 1. The first-order chi connectivity index (χ1) is 13.6. The number of ether oxygens (including phenoxy) is 2. The number of aromatic nitrogens is 3. The highest BCUT2D eigenvalue weighted by Crippen LogP contribution is 2.53. The lowest BCUT2D eigenvalue weighted by Crippen LogP contribution is -2.16. The van der Waals surface area contributed by atoms with E-state index < -0.39 is 0 Å². The zero-order chi connectivity index (χ0) is 19.7. The molecular formula is C22H27N3O3. The topological polar surface area (TPSA) is 74.2 Å². The lowest BCUT2D eigenvalue weighted by atomic mass is 9.84. The van der Waals surface area contributed by atoms with Gasteiger partial charge < -0.3 is 9.47 Å². The van der Waals surface area contributed by atoms with Gasteiger partial charge in [-0.25, -0.2) is 4.98 Å². The zero-order valence-corrected chi connectivity index (χ0v) is 16.7. The van der Waals surface area contributed by atoms with Crippen LogP contribution in [0, 0.1) is 18.8 Å². The molecule has 28 heavy (non-hydrogen) atoms. The fraction of sp³-hybridized carbons (Fsp3) is 0.545. The fourth-order valence-electron chi connectivity index (χ4n) is 4.32. The molecule has 4 atom stereocenters. The van der Waals surface area contributed by atoms with Crippen LogP contribution in [0.15, 0.2) is 24.5 Å². The summed E-state index contributed by atoms with van der Waals surface area (Å²) in [4.78, 5) is 25.3. The van der Waals surface area contributed by atoms with Gasteiger partial charge in [-0.15, -0.1) is 0 Å². The molecule has 0 aromatic carbocycles. The van der Waals surface area contributed by atoms with Gasteiger partial charge in [0, 0.05) is 42.1 Å². The number of carbonyl (C=O) groups excluding carboxylic acids is 1. The Morgan fingerprint density at radius 1 is 1.21 bits per heavy atom. The van der Waals surface area contributed by atoms with Crippen molar-refractivity contribution >= 4 is 5.78 Å². The SMILES string of the molecule is COc1ccc(C2C(C)C2COc2nc(C)ncc2C2CCCC(=O)C2)nc1. The smallest absolute Gasteiger partial charge is 0.220 e. The van der Waals surface area contributed by atoms with Gasteiger partial charge in [-0.2, -0.15) is 4.98 Å². The minimum atomic E-state index is 0.174. The number of aryl methyl sites for hydroxylation is 1. The second-order valence-corrected chi connectivity index (χ2v) is 7.99. The van der Waals surface area contributed by atoms with Crippen LogP contribution < -0.4 is 9.47 Å². The van der Waals surface area contributed by atoms with Crippen molar-refractivity contribution in [1.29, 1.82) is 0 Å². The number of ketones is 1. The molecule has 0 saturated heterocycles. The highest BCUT2D eigenvalue weighted by Gasteiger charge is 2.49. The Labute approximate surface area is 165 Å². The summed E-state index contributed by atoms with van der Waals surface area (Å²) in [6.07, 6.45) is 6.80. The molecule has 2 aromatic heterocycles. The Balaban J connectivity index is 1.44. The summed E-state index contributed by atoms with van der Waals surface area (Å²) >= 11 is 0. The van der Waals surface area contributed by atoms with Crippen molar-refractivity contribution in [2.45, 2.75) is 51.4 Å². The second-order valence-electron chi connectivity index (χ2n) is 7.99. The highest BCUT2D eigenvalue weighted by molar-refractivity contribution is 5.80. The monoisotopic (exact) mass is 381 g/mol. The maximum atomic E-state index is 11.9. The third-order valence-corrected chi connectivity index (χ3v) is 6.13. The van der Waals surface area contributed by atoms with Crippen LogP contribution in [0.3, 0.4) is 0 Å². The predicted molar refractivity (Wildman–Crippen MR) is 105 cm³/mol. The number of rotatable bonds is 6. The Morgan fingerprint density at radius 3 is 2.79 bits per heavy atom. The lowest BCUT2D eigenvalue weighted by molar-refractivity contribution is -0.120. The highest BCUT2D eigenvalue weighted by atomic mass is 16.5. The summed E-state index contributed by atoms with van der Waals surface area (Å²) < 4.78 is 11.4. The van der Waals surface area contributed by atoms with Crippen LogP contribution in [0.5, 0.6) is 11.6 Å². The summed E-state index contributed by atoms with van der Waals surface area (Å²) in [5.74, 6) is 3.93. The van der Waals surface area contributed by atoms with Crippen molar-refractivity contribution in [2.24, 2.45) is 11.8 Å². The summed E-state index contributed by atoms with van der Waals surface area (Å²) in [6, 6.07) is 3.99. The molecule has 0 N–H and O–H groups in total. The van der Waals surface area contributed by atoms with Gasteiger partial charge in [0.15, 0.2) is 0 Å². The van der Waals surface area contributed by atoms with Crippen LogP contribution in [0.25, 0.3) is 0 Å². The minimum Gasteiger partial charge on any atom is -0.495 e. The van der Waals surface area contributed by atoms with E-state index >= 15 is 0 Å². The molecule has 148 valence electrons. The second kappa shape index (κ2) is 7.86. The molecule has 0 radical (unpaired) electrons. The number of pyridine rings is 1. The van der Waals surface area contributed by atoms with Gasteiger partial charge in [0.25, 0.3) is 0 Å². The van der Waals surface area contributed by atoms with Crippen molar-refractivity contribution in [3.05, 3.63) is 41.6 Å². The maximum absolute atomic E-state index is 11.9. The van der Waals surface area contributed by atoms with Crippen LogP contribution in [-0.2, 0) is 4.79 Å². The molecule has 2 aromatic rings. The van der Waals surface area contributed by atoms with Crippen LogP contribution in [-0.4, -0.2) is 34.5 Å². The summed E-state index contributed by atoms with van der Waals surface area (Å²) in [5.41, 5.74) is 2.06. The largest absolute Gasteiger partial charge is 0.495 e. The van der Waals surface area contributed by atoms with Gasteiger partial charge in [0.2, 0.25) is 5.88 Å².